The molecule has 84 valence electrons. The lowest BCUT2D eigenvalue weighted by molar-refractivity contribution is -0.133. The van der Waals surface area contributed by atoms with Crippen molar-refractivity contribution in [2.75, 3.05) is 5.75 Å². The molecule has 0 bridgehead atoms. The average Bonchev–Trinajstić information content (AvgIpc) is 2.85. The number of thioether (sulfide) groups is 1. The Balaban J connectivity index is 1.95. The first-order valence-corrected chi connectivity index (χ1v) is 6.45. The van der Waals surface area contributed by atoms with E-state index in [4.69, 9.17) is 9.63 Å². The summed E-state index contributed by atoms with van der Waals surface area (Å²) >= 11 is 2.76. The number of carboxylic acid groups (broad SMARTS) is 1. The Bertz CT molecular complexity index is 467. The highest BCUT2D eigenvalue weighted by molar-refractivity contribution is 7.99. The number of thiophene rings is 1. The lowest BCUT2D eigenvalue weighted by atomic mass is 10.4. The zero-order valence-electron chi connectivity index (χ0n) is 8.12. The Hall–Kier alpha value is -1.34. The smallest absolute Gasteiger partial charge is 0.313 e. The van der Waals surface area contributed by atoms with Crippen molar-refractivity contribution in [2.45, 2.75) is 5.75 Å². The minimum atomic E-state index is -0.844. The minimum Gasteiger partial charge on any atom is -0.481 e. The van der Waals surface area contributed by atoms with E-state index in [1.807, 2.05) is 17.5 Å². The number of aliphatic carboxylic acids is 1. The fourth-order valence-electron chi connectivity index (χ4n) is 1.05. The lowest BCUT2D eigenvalue weighted by Gasteiger charge is -1.90. The molecule has 0 fully saturated rings. The summed E-state index contributed by atoms with van der Waals surface area (Å²) in [6, 6.07) is 3.82. The van der Waals surface area contributed by atoms with Gasteiger partial charge in [0.25, 0.3) is 0 Å². The molecule has 0 amide bonds. The first kappa shape index (κ1) is 11.2. The van der Waals surface area contributed by atoms with Crippen molar-refractivity contribution < 1.29 is 14.4 Å². The SMILES string of the molecule is O=C(O)CSCc1nc(-c2cccs2)no1. The molecule has 0 aliphatic rings. The fraction of sp³-hybridized carbons (Fsp3) is 0.222. The first-order valence-electron chi connectivity index (χ1n) is 4.41. The van der Waals surface area contributed by atoms with E-state index in [1.54, 1.807) is 0 Å². The molecule has 2 heterocycles. The summed E-state index contributed by atoms with van der Waals surface area (Å²) < 4.78 is 5.00. The van der Waals surface area contributed by atoms with Crippen LogP contribution in [0.2, 0.25) is 0 Å². The van der Waals surface area contributed by atoms with Gasteiger partial charge in [0.15, 0.2) is 0 Å². The Morgan fingerprint density at radius 1 is 1.62 bits per heavy atom. The van der Waals surface area contributed by atoms with Crippen LogP contribution < -0.4 is 0 Å². The van der Waals surface area contributed by atoms with E-state index in [0.29, 0.717) is 17.5 Å². The molecule has 0 aliphatic carbocycles. The fourth-order valence-corrected chi connectivity index (χ4v) is 2.26. The molecular formula is C9H8N2O3S2. The van der Waals surface area contributed by atoms with Crippen molar-refractivity contribution in [3.63, 3.8) is 0 Å². The van der Waals surface area contributed by atoms with Crippen molar-refractivity contribution in [2.24, 2.45) is 0 Å². The minimum absolute atomic E-state index is 0.0384. The number of carbonyl (C=O) groups is 1. The van der Waals surface area contributed by atoms with Crippen molar-refractivity contribution in [3.05, 3.63) is 23.4 Å². The average molecular weight is 256 g/mol. The summed E-state index contributed by atoms with van der Waals surface area (Å²) in [6.07, 6.45) is 0. The maximum absolute atomic E-state index is 10.3. The van der Waals surface area contributed by atoms with Crippen LogP contribution in [0, 0.1) is 0 Å². The van der Waals surface area contributed by atoms with Crippen LogP contribution in [0.15, 0.2) is 22.0 Å². The summed E-state index contributed by atoms with van der Waals surface area (Å²) in [5.41, 5.74) is 0. The third-order valence-electron chi connectivity index (χ3n) is 1.66. The number of nitrogens with zero attached hydrogens (tertiary/aromatic N) is 2. The van der Waals surface area contributed by atoms with Gasteiger partial charge in [-0.1, -0.05) is 11.2 Å². The quantitative estimate of drug-likeness (QED) is 0.883. The molecule has 0 aliphatic heterocycles. The first-order chi connectivity index (χ1) is 7.75. The highest BCUT2D eigenvalue weighted by atomic mass is 32.2. The lowest BCUT2D eigenvalue weighted by Crippen LogP contribution is -1.98. The number of carboxylic acids is 1. The highest BCUT2D eigenvalue weighted by Crippen LogP contribution is 2.22. The van der Waals surface area contributed by atoms with Gasteiger partial charge in [-0.3, -0.25) is 4.79 Å². The largest absolute Gasteiger partial charge is 0.481 e. The van der Waals surface area contributed by atoms with E-state index in [-0.39, 0.29) is 5.75 Å². The Kier molecular flexibility index (Phi) is 3.58. The van der Waals surface area contributed by atoms with Gasteiger partial charge in [-0.2, -0.15) is 4.98 Å². The molecule has 0 saturated heterocycles. The van der Waals surface area contributed by atoms with Crippen molar-refractivity contribution in [1.82, 2.24) is 10.1 Å². The molecule has 5 nitrogen and oxygen atoms in total. The predicted octanol–water partition coefficient (Wildman–Crippen LogP) is 2.12. The van der Waals surface area contributed by atoms with Crippen LogP contribution in [0.5, 0.6) is 0 Å². The second-order valence-corrected chi connectivity index (χ2v) is 4.81. The molecule has 2 rings (SSSR count). The van der Waals surface area contributed by atoms with Gasteiger partial charge in [-0.15, -0.1) is 23.1 Å². The zero-order chi connectivity index (χ0) is 11.4. The molecule has 7 heteroatoms. The van der Waals surface area contributed by atoms with Gasteiger partial charge in [0, 0.05) is 0 Å². The van der Waals surface area contributed by atoms with Crippen LogP contribution in [0.4, 0.5) is 0 Å². The van der Waals surface area contributed by atoms with E-state index in [0.717, 1.165) is 4.88 Å². The monoisotopic (exact) mass is 256 g/mol. The third-order valence-corrected chi connectivity index (χ3v) is 3.43. The van der Waals surface area contributed by atoms with Crippen molar-refractivity contribution in [3.8, 4) is 10.7 Å². The summed E-state index contributed by atoms with van der Waals surface area (Å²) in [5.74, 6) is 0.625. The van der Waals surface area contributed by atoms with E-state index >= 15 is 0 Å². The number of hydrogen-bond acceptors (Lipinski definition) is 6. The highest BCUT2D eigenvalue weighted by Gasteiger charge is 2.09. The van der Waals surface area contributed by atoms with Crippen LogP contribution in [-0.4, -0.2) is 27.0 Å². The number of aromatic nitrogens is 2. The maximum Gasteiger partial charge on any atom is 0.313 e. The van der Waals surface area contributed by atoms with Crippen LogP contribution in [-0.2, 0) is 10.5 Å². The number of hydrogen-bond donors (Lipinski definition) is 1. The van der Waals surface area contributed by atoms with Gasteiger partial charge in [0.1, 0.15) is 0 Å². The summed E-state index contributed by atoms with van der Waals surface area (Å²) in [4.78, 5) is 15.4. The van der Waals surface area contributed by atoms with Crippen LogP contribution >= 0.6 is 23.1 Å². The third kappa shape index (κ3) is 2.83. The Labute approximate surface area is 99.5 Å². The van der Waals surface area contributed by atoms with Crippen molar-refractivity contribution in [1.29, 1.82) is 0 Å². The molecule has 2 aromatic heterocycles. The summed E-state index contributed by atoms with van der Waals surface area (Å²) in [7, 11) is 0. The van der Waals surface area contributed by atoms with Crippen LogP contribution in [0.3, 0.4) is 0 Å². The molecule has 0 atom stereocenters. The molecule has 0 unspecified atom stereocenters. The second kappa shape index (κ2) is 5.13. The molecule has 0 spiro atoms. The van der Waals surface area contributed by atoms with E-state index in [1.165, 1.54) is 23.1 Å². The van der Waals surface area contributed by atoms with E-state index in [2.05, 4.69) is 10.1 Å². The maximum atomic E-state index is 10.3. The van der Waals surface area contributed by atoms with E-state index in [9.17, 15) is 4.79 Å². The zero-order valence-corrected chi connectivity index (χ0v) is 9.75. The molecular weight excluding hydrogens is 248 g/mol. The summed E-state index contributed by atoms with van der Waals surface area (Å²) in [6.45, 7) is 0. The molecule has 0 radical (unpaired) electrons. The van der Waals surface area contributed by atoms with Crippen molar-refractivity contribution >= 4 is 29.1 Å². The normalized spacial score (nSPS) is 10.5. The molecule has 16 heavy (non-hydrogen) atoms. The van der Waals surface area contributed by atoms with Gasteiger partial charge in [0.2, 0.25) is 11.7 Å². The Morgan fingerprint density at radius 3 is 3.19 bits per heavy atom. The van der Waals surface area contributed by atoms with Gasteiger partial charge in [-0.05, 0) is 11.4 Å². The van der Waals surface area contributed by atoms with Gasteiger partial charge >= 0.3 is 5.97 Å². The molecule has 0 aromatic carbocycles. The topological polar surface area (TPSA) is 76.2 Å². The molecule has 2 aromatic rings. The van der Waals surface area contributed by atoms with Gasteiger partial charge in [0.05, 0.1) is 16.4 Å². The molecule has 1 N–H and O–H groups in total. The Morgan fingerprint density at radius 2 is 2.50 bits per heavy atom. The number of rotatable bonds is 5. The molecule has 0 saturated carbocycles. The predicted molar refractivity (Wildman–Crippen MR) is 61.4 cm³/mol. The van der Waals surface area contributed by atoms with Crippen LogP contribution in [0.1, 0.15) is 5.89 Å². The summed E-state index contributed by atoms with van der Waals surface area (Å²) in [5, 5.41) is 14.2. The van der Waals surface area contributed by atoms with Gasteiger partial charge < -0.3 is 9.63 Å². The standard InChI is InChI=1S/C9H8N2O3S2/c12-8(13)5-15-4-7-10-9(11-14-7)6-2-1-3-16-6/h1-3H,4-5H2,(H,12,13). The van der Waals surface area contributed by atoms with E-state index < -0.39 is 5.97 Å². The van der Waals surface area contributed by atoms with Gasteiger partial charge in [-0.25, -0.2) is 0 Å². The second-order valence-electron chi connectivity index (χ2n) is 2.88. The van der Waals surface area contributed by atoms with Crippen LogP contribution in [0.25, 0.3) is 10.7 Å².